The number of anilines is 2. The van der Waals surface area contributed by atoms with Gasteiger partial charge in [0, 0.05) is 11.4 Å². The molecule has 0 aliphatic carbocycles. The van der Waals surface area contributed by atoms with Crippen molar-refractivity contribution >= 4 is 43.4 Å². The highest BCUT2D eigenvalue weighted by Gasteiger charge is 2.22. The van der Waals surface area contributed by atoms with Gasteiger partial charge in [0.05, 0.1) is 35.1 Å². The molecule has 0 spiro atoms. The van der Waals surface area contributed by atoms with Crippen molar-refractivity contribution in [2.75, 3.05) is 23.7 Å². The van der Waals surface area contributed by atoms with Crippen LogP contribution in [0.4, 0.5) is 11.4 Å². The molecule has 0 saturated heterocycles. The number of methoxy groups -OCH3 is 2. The van der Waals surface area contributed by atoms with E-state index in [9.17, 15) is 26.4 Å². The van der Waals surface area contributed by atoms with Crippen LogP contribution in [0.25, 0.3) is 0 Å². The molecule has 0 aliphatic heterocycles. The van der Waals surface area contributed by atoms with E-state index in [2.05, 4.69) is 18.9 Å². The molecular formula is C23H22N2O8S2. The van der Waals surface area contributed by atoms with Crippen LogP contribution in [0.15, 0.2) is 76.5 Å². The van der Waals surface area contributed by atoms with Gasteiger partial charge >= 0.3 is 11.9 Å². The number of carbonyl (C=O) groups is 2. The molecule has 0 atom stereocenters. The lowest BCUT2D eigenvalue weighted by atomic mass is 10.2. The van der Waals surface area contributed by atoms with Gasteiger partial charge < -0.3 is 9.47 Å². The van der Waals surface area contributed by atoms with Gasteiger partial charge in [-0.1, -0.05) is 6.07 Å². The highest BCUT2D eigenvalue weighted by atomic mass is 32.2. The molecule has 0 aromatic heterocycles. The second-order valence-corrected chi connectivity index (χ2v) is 10.6. The highest BCUT2D eigenvalue weighted by Crippen LogP contribution is 2.25. The van der Waals surface area contributed by atoms with Crippen LogP contribution in [-0.2, 0) is 29.5 Å². The first-order chi connectivity index (χ1) is 16.5. The smallest absolute Gasteiger partial charge is 0.337 e. The van der Waals surface area contributed by atoms with Crippen LogP contribution in [-0.4, -0.2) is 43.0 Å². The lowest BCUT2D eigenvalue weighted by Crippen LogP contribution is -2.17. The van der Waals surface area contributed by atoms with Crippen molar-refractivity contribution in [3.05, 3.63) is 83.4 Å². The summed E-state index contributed by atoms with van der Waals surface area (Å²) in [6.45, 7) is 1.53. The molecule has 12 heteroatoms. The zero-order chi connectivity index (χ0) is 25.8. The summed E-state index contributed by atoms with van der Waals surface area (Å²) < 4.78 is 65.7. The second-order valence-electron chi connectivity index (χ2n) is 7.28. The largest absolute Gasteiger partial charge is 0.465 e. The number of ether oxygens (including phenoxy) is 2. The van der Waals surface area contributed by atoms with Gasteiger partial charge in [0.1, 0.15) is 0 Å². The Morgan fingerprint density at radius 3 is 1.51 bits per heavy atom. The maximum atomic E-state index is 13.0. The molecule has 10 nitrogen and oxygen atoms in total. The Bertz CT molecular complexity index is 1460. The summed E-state index contributed by atoms with van der Waals surface area (Å²) in [5, 5.41) is 0. The summed E-state index contributed by atoms with van der Waals surface area (Å²) >= 11 is 0. The molecule has 3 aromatic carbocycles. The summed E-state index contributed by atoms with van der Waals surface area (Å²) in [7, 11) is -5.86. The zero-order valence-corrected chi connectivity index (χ0v) is 20.6. The molecule has 0 heterocycles. The summed E-state index contributed by atoms with van der Waals surface area (Å²) in [6, 6.07) is 14.8. The Morgan fingerprint density at radius 2 is 1.09 bits per heavy atom. The Balaban J connectivity index is 1.86. The first-order valence-corrected chi connectivity index (χ1v) is 13.0. The van der Waals surface area contributed by atoms with E-state index in [1.165, 1.54) is 81.8 Å². The average Bonchev–Trinajstić information content (AvgIpc) is 2.83. The maximum absolute atomic E-state index is 13.0. The van der Waals surface area contributed by atoms with Gasteiger partial charge in [-0.05, 0) is 73.2 Å². The van der Waals surface area contributed by atoms with Crippen LogP contribution in [0.2, 0.25) is 0 Å². The number of nitrogens with one attached hydrogen (secondary N) is 2. The van der Waals surface area contributed by atoms with Crippen LogP contribution in [0, 0.1) is 6.92 Å². The number of hydrogen-bond acceptors (Lipinski definition) is 8. The van der Waals surface area contributed by atoms with Crippen molar-refractivity contribution in [2.24, 2.45) is 0 Å². The van der Waals surface area contributed by atoms with E-state index in [1.807, 2.05) is 0 Å². The average molecular weight is 519 g/mol. The number of benzene rings is 3. The molecule has 0 saturated carbocycles. The first-order valence-electron chi connectivity index (χ1n) is 10.00. The maximum Gasteiger partial charge on any atom is 0.337 e. The lowest BCUT2D eigenvalue weighted by Gasteiger charge is -2.13. The molecular weight excluding hydrogens is 496 g/mol. The fourth-order valence-corrected chi connectivity index (χ4v) is 5.54. The van der Waals surface area contributed by atoms with E-state index in [4.69, 9.17) is 0 Å². The predicted octanol–water partition coefficient (Wildman–Crippen LogP) is 3.17. The SMILES string of the molecule is COC(=O)c1ccc(NS(=O)(=O)c2ccc(C)c(S(=O)(=O)Nc3ccc(C(=O)OC)cc3)c2)cc1. The molecule has 3 aromatic rings. The number of aryl methyl sites for hydroxylation is 1. The van der Waals surface area contributed by atoms with Crippen LogP contribution < -0.4 is 9.44 Å². The van der Waals surface area contributed by atoms with Gasteiger partial charge in [0.25, 0.3) is 20.0 Å². The molecule has 0 aliphatic rings. The van der Waals surface area contributed by atoms with Crippen LogP contribution in [0.1, 0.15) is 26.3 Å². The Labute approximate surface area is 203 Å². The van der Waals surface area contributed by atoms with Gasteiger partial charge in [0.2, 0.25) is 0 Å². The highest BCUT2D eigenvalue weighted by molar-refractivity contribution is 7.93. The molecule has 2 N–H and O–H groups in total. The quantitative estimate of drug-likeness (QED) is 0.433. The van der Waals surface area contributed by atoms with E-state index in [-0.39, 0.29) is 32.3 Å². The monoisotopic (exact) mass is 518 g/mol. The second kappa shape index (κ2) is 10.2. The van der Waals surface area contributed by atoms with E-state index in [1.54, 1.807) is 0 Å². The minimum absolute atomic E-state index is 0.173. The molecule has 184 valence electrons. The van der Waals surface area contributed by atoms with Crippen molar-refractivity contribution in [1.82, 2.24) is 0 Å². The normalized spacial score (nSPS) is 11.4. The van der Waals surface area contributed by atoms with Gasteiger partial charge in [-0.3, -0.25) is 9.44 Å². The molecule has 0 unspecified atom stereocenters. The van der Waals surface area contributed by atoms with Gasteiger partial charge in [-0.25, -0.2) is 26.4 Å². The number of rotatable bonds is 8. The predicted molar refractivity (Wildman–Crippen MR) is 128 cm³/mol. The Hall–Kier alpha value is -3.90. The van der Waals surface area contributed by atoms with Crippen molar-refractivity contribution in [1.29, 1.82) is 0 Å². The van der Waals surface area contributed by atoms with Gasteiger partial charge in [0.15, 0.2) is 0 Å². The third kappa shape index (κ3) is 5.97. The van der Waals surface area contributed by atoms with Crippen molar-refractivity contribution < 1.29 is 35.9 Å². The fourth-order valence-electron chi connectivity index (χ4n) is 3.05. The number of carbonyl (C=O) groups excluding carboxylic acids is 2. The van der Waals surface area contributed by atoms with Crippen LogP contribution >= 0.6 is 0 Å². The lowest BCUT2D eigenvalue weighted by molar-refractivity contribution is 0.0592. The summed E-state index contributed by atoms with van der Waals surface area (Å²) in [6.07, 6.45) is 0. The van der Waals surface area contributed by atoms with Crippen LogP contribution in [0.5, 0.6) is 0 Å². The summed E-state index contributed by atoms with van der Waals surface area (Å²) in [4.78, 5) is 22.6. The van der Waals surface area contributed by atoms with E-state index >= 15 is 0 Å². The molecule has 0 bridgehead atoms. The minimum atomic E-state index is -4.17. The van der Waals surface area contributed by atoms with Crippen molar-refractivity contribution in [3.8, 4) is 0 Å². The summed E-state index contributed by atoms with van der Waals surface area (Å²) in [5.74, 6) is -1.14. The van der Waals surface area contributed by atoms with Crippen LogP contribution in [0.3, 0.4) is 0 Å². The van der Waals surface area contributed by atoms with E-state index < -0.39 is 32.0 Å². The minimum Gasteiger partial charge on any atom is -0.465 e. The number of sulfonamides is 2. The number of esters is 2. The molecule has 0 fully saturated rings. The van der Waals surface area contributed by atoms with Gasteiger partial charge in [-0.15, -0.1) is 0 Å². The van der Waals surface area contributed by atoms with Crippen molar-refractivity contribution in [3.63, 3.8) is 0 Å². The van der Waals surface area contributed by atoms with E-state index in [0.717, 1.165) is 6.07 Å². The fraction of sp³-hybridized carbons (Fsp3) is 0.130. The Kier molecular flexibility index (Phi) is 7.46. The summed E-state index contributed by atoms with van der Waals surface area (Å²) in [5.41, 5.74) is 1.15. The number of hydrogen-bond donors (Lipinski definition) is 2. The third-order valence-electron chi connectivity index (χ3n) is 4.88. The molecule has 0 amide bonds. The standard InChI is InChI=1S/C23H22N2O8S2/c1-15-4-13-20(34(28,29)24-18-9-5-16(6-10-18)22(26)32-2)14-21(15)35(30,31)25-19-11-7-17(8-12-19)23(27)33-3/h4-14,24-25H,1-3H3. The third-order valence-corrected chi connectivity index (χ3v) is 7.78. The molecule has 35 heavy (non-hydrogen) atoms. The Morgan fingerprint density at radius 1 is 0.657 bits per heavy atom. The topological polar surface area (TPSA) is 145 Å². The molecule has 0 radical (unpaired) electrons. The first kappa shape index (κ1) is 25.7. The molecule has 3 rings (SSSR count). The zero-order valence-electron chi connectivity index (χ0n) is 18.9. The van der Waals surface area contributed by atoms with E-state index in [0.29, 0.717) is 5.56 Å². The van der Waals surface area contributed by atoms with Gasteiger partial charge in [-0.2, -0.15) is 0 Å². The van der Waals surface area contributed by atoms with Crippen molar-refractivity contribution in [2.45, 2.75) is 16.7 Å².